The molecule has 0 aromatic carbocycles. The zero-order valence-corrected chi connectivity index (χ0v) is 10.6. The highest BCUT2D eigenvalue weighted by Gasteiger charge is 2.01. The number of nitrogens with one attached hydrogen (secondary N) is 1. The first-order valence-electron chi connectivity index (χ1n) is 6.01. The lowest BCUT2D eigenvalue weighted by molar-refractivity contribution is 0.143. The topological polar surface area (TPSA) is 39.1 Å². The van der Waals surface area contributed by atoms with Crippen molar-refractivity contribution in [3.8, 4) is 0 Å². The predicted molar refractivity (Wildman–Crippen MR) is 65.4 cm³/mol. The summed E-state index contributed by atoms with van der Waals surface area (Å²) in [6, 6.07) is 0. The van der Waals surface area contributed by atoms with Crippen LogP contribution in [0.25, 0.3) is 0 Å². The number of unbranched alkanes of at least 4 members (excludes halogenated alkanes) is 1. The summed E-state index contributed by atoms with van der Waals surface area (Å²) in [6.45, 7) is 7.78. The van der Waals surface area contributed by atoms with E-state index in [2.05, 4.69) is 17.3 Å². The lowest BCUT2D eigenvalue weighted by Gasteiger charge is -2.04. The van der Waals surface area contributed by atoms with E-state index in [1.54, 1.807) is 0 Å². The average molecular weight is 225 g/mol. The van der Waals surface area contributed by atoms with Crippen molar-refractivity contribution in [2.24, 2.45) is 7.05 Å². The fraction of sp³-hybridized carbons (Fsp3) is 0.750. The molecule has 0 fully saturated rings. The molecule has 0 saturated heterocycles. The number of rotatable bonds is 8. The van der Waals surface area contributed by atoms with Gasteiger partial charge in [-0.05, 0) is 33.2 Å². The molecule has 1 aromatic rings. The maximum Gasteiger partial charge on any atom is 0.0537 e. The van der Waals surface area contributed by atoms with Crippen LogP contribution >= 0.6 is 0 Å². The van der Waals surface area contributed by atoms with Crippen molar-refractivity contribution in [3.63, 3.8) is 0 Å². The molecule has 92 valence electrons. The smallest absolute Gasteiger partial charge is 0.0537 e. The van der Waals surface area contributed by atoms with Crippen molar-refractivity contribution < 1.29 is 4.74 Å². The molecule has 4 nitrogen and oxygen atoms in total. The molecule has 0 atom stereocenters. The zero-order valence-electron chi connectivity index (χ0n) is 10.6. The van der Waals surface area contributed by atoms with Crippen LogP contribution in [-0.2, 0) is 18.3 Å². The van der Waals surface area contributed by atoms with Gasteiger partial charge in [-0.15, -0.1) is 0 Å². The summed E-state index contributed by atoms with van der Waals surface area (Å²) in [5.74, 6) is 0. The quantitative estimate of drug-likeness (QED) is 0.684. The van der Waals surface area contributed by atoms with Gasteiger partial charge >= 0.3 is 0 Å². The van der Waals surface area contributed by atoms with E-state index in [1.165, 1.54) is 17.7 Å². The van der Waals surface area contributed by atoms with Crippen molar-refractivity contribution in [2.75, 3.05) is 19.8 Å². The van der Waals surface area contributed by atoms with E-state index in [-0.39, 0.29) is 0 Å². The van der Waals surface area contributed by atoms with Crippen molar-refractivity contribution in [1.82, 2.24) is 15.1 Å². The third-order valence-corrected chi connectivity index (χ3v) is 2.75. The molecule has 4 heteroatoms. The second-order valence-corrected chi connectivity index (χ2v) is 3.96. The van der Waals surface area contributed by atoms with E-state index in [1.807, 2.05) is 24.9 Å². The summed E-state index contributed by atoms with van der Waals surface area (Å²) >= 11 is 0. The van der Waals surface area contributed by atoms with Crippen LogP contribution in [0.5, 0.6) is 0 Å². The van der Waals surface area contributed by atoms with E-state index in [0.29, 0.717) is 0 Å². The molecule has 0 bridgehead atoms. The number of aryl methyl sites for hydroxylation is 1. The third-order valence-electron chi connectivity index (χ3n) is 2.75. The van der Waals surface area contributed by atoms with Crippen LogP contribution in [-0.4, -0.2) is 29.5 Å². The van der Waals surface area contributed by atoms with E-state index < -0.39 is 0 Å². The predicted octanol–water partition coefficient (Wildman–Crippen LogP) is 1.63. The Morgan fingerprint density at radius 3 is 2.88 bits per heavy atom. The Labute approximate surface area is 98.0 Å². The first kappa shape index (κ1) is 13.2. The lowest BCUT2D eigenvalue weighted by Crippen LogP contribution is -2.15. The van der Waals surface area contributed by atoms with Gasteiger partial charge in [0.2, 0.25) is 0 Å². The largest absolute Gasteiger partial charge is 0.382 e. The maximum absolute atomic E-state index is 5.28. The highest BCUT2D eigenvalue weighted by atomic mass is 16.5. The van der Waals surface area contributed by atoms with Gasteiger partial charge in [-0.2, -0.15) is 5.10 Å². The Morgan fingerprint density at radius 1 is 1.44 bits per heavy atom. The highest BCUT2D eigenvalue weighted by molar-refractivity contribution is 5.15. The van der Waals surface area contributed by atoms with Gasteiger partial charge in [0.05, 0.1) is 6.20 Å². The second-order valence-electron chi connectivity index (χ2n) is 3.96. The SMILES string of the molecule is CCOCCCCNCc1cnn(C)c1C. The standard InChI is InChI=1S/C12H23N3O/c1-4-16-8-6-5-7-13-9-12-10-14-15(3)11(12)2/h10,13H,4-9H2,1-3H3. The average Bonchev–Trinajstić information content (AvgIpc) is 2.59. The fourth-order valence-electron chi connectivity index (χ4n) is 1.54. The van der Waals surface area contributed by atoms with Gasteiger partial charge in [0.25, 0.3) is 0 Å². The number of nitrogens with zero attached hydrogens (tertiary/aromatic N) is 2. The molecule has 1 heterocycles. The van der Waals surface area contributed by atoms with Crippen molar-refractivity contribution in [2.45, 2.75) is 33.2 Å². The minimum absolute atomic E-state index is 0.822. The van der Waals surface area contributed by atoms with Gasteiger partial charge in [0, 0.05) is 38.1 Å². The molecule has 0 unspecified atom stereocenters. The second kappa shape index (κ2) is 7.41. The van der Waals surface area contributed by atoms with Gasteiger partial charge in [0.1, 0.15) is 0 Å². The highest BCUT2D eigenvalue weighted by Crippen LogP contribution is 2.04. The normalized spacial score (nSPS) is 10.9. The fourth-order valence-corrected chi connectivity index (χ4v) is 1.54. The van der Waals surface area contributed by atoms with Crippen LogP contribution in [0.4, 0.5) is 0 Å². The monoisotopic (exact) mass is 225 g/mol. The molecule has 0 amide bonds. The summed E-state index contributed by atoms with van der Waals surface area (Å²) < 4.78 is 7.19. The van der Waals surface area contributed by atoms with E-state index in [4.69, 9.17) is 4.74 Å². The van der Waals surface area contributed by atoms with Crippen molar-refractivity contribution >= 4 is 0 Å². The van der Waals surface area contributed by atoms with Crippen LogP contribution in [0, 0.1) is 6.92 Å². The van der Waals surface area contributed by atoms with Crippen molar-refractivity contribution in [1.29, 1.82) is 0 Å². The number of hydrogen-bond donors (Lipinski definition) is 1. The molecule has 1 rings (SSSR count). The summed E-state index contributed by atoms with van der Waals surface area (Å²) in [4.78, 5) is 0. The molecular weight excluding hydrogens is 202 g/mol. The van der Waals surface area contributed by atoms with Crippen molar-refractivity contribution in [3.05, 3.63) is 17.5 Å². The lowest BCUT2D eigenvalue weighted by atomic mass is 10.2. The molecule has 0 spiro atoms. The number of hydrogen-bond acceptors (Lipinski definition) is 3. The van der Waals surface area contributed by atoms with Crippen LogP contribution in [0.15, 0.2) is 6.20 Å². The summed E-state index contributed by atoms with van der Waals surface area (Å²) in [5.41, 5.74) is 2.52. The summed E-state index contributed by atoms with van der Waals surface area (Å²) in [5, 5.41) is 7.64. The molecule has 16 heavy (non-hydrogen) atoms. The molecule has 0 aliphatic rings. The molecule has 0 radical (unpaired) electrons. The molecule has 1 N–H and O–H groups in total. The van der Waals surface area contributed by atoms with Crippen LogP contribution in [0.2, 0.25) is 0 Å². The third kappa shape index (κ3) is 4.33. The van der Waals surface area contributed by atoms with E-state index in [9.17, 15) is 0 Å². The summed E-state index contributed by atoms with van der Waals surface area (Å²) in [7, 11) is 1.97. The molecule has 0 aliphatic carbocycles. The van der Waals surface area contributed by atoms with Gasteiger partial charge in [-0.25, -0.2) is 0 Å². The summed E-state index contributed by atoms with van der Waals surface area (Å²) in [6.07, 6.45) is 4.23. The Kier molecular flexibility index (Phi) is 6.11. The molecular formula is C12H23N3O. The van der Waals surface area contributed by atoms with Gasteiger partial charge in [0.15, 0.2) is 0 Å². The minimum Gasteiger partial charge on any atom is -0.382 e. The number of ether oxygens (including phenoxy) is 1. The van der Waals surface area contributed by atoms with Crippen LogP contribution in [0.3, 0.4) is 0 Å². The van der Waals surface area contributed by atoms with Gasteiger partial charge in [-0.1, -0.05) is 0 Å². The molecule has 0 aliphatic heterocycles. The minimum atomic E-state index is 0.822. The molecule has 0 saturated carbocycles. The Balaban J connectivity index is 2.05. The van der Waals surface area contributed by atoms with Gasteiger partial charge in [-0.3, -0.25) is 4.68 Å². The van der Waals surface area contributed by atoms with Crippen LogP contribution in [0.1, 0.15) is 31.0 Å². The Bertz CT molecular complexity index is 296. The van der Waals surface area contributed by atoms with E-state index >= 15 is 0 Å². The van der Waals surface area contributed by atoms with E-state index in [0.717, 1.165) is 32.7 Å². The Hall–Kier alpha value is -0.870. The molecule has 1 aromatic heterocycles. The number of aromatic nitrogens is 2. The first-order valence-corrected chi connectivity index (χ1v) is 6.01. The zero-order chi connectivity index (χ0) is 11.8. The van der Waals surface area contributed by atoms with Gasteiger partial charge < -0.3 is 10.1 Å². The Morgan fingerprint density at radius 2 is 2.25 bits per heavy atom. The maximum atomic E-state index is 5.28. The van der Waals surface area contributed by atoms with Crippen LogP contribution < -0.4 is 5.32 Å². The first-order chi connectivity index (χ1) is 7.75.